The molecule has 1 saturated heterocycles. The minimum Gasteiger partial charge on any atom is -0.351 e. The number of nitrogens with zero attached hydrogens (tertiary/aromatic N) is 4. The Morgan fingerprint density at radius 2 is 2.16 bits per heavy atom. The molecule has 1 fully saturated rings. The van der Waals surface area contributed by atoms with Gasteiger partial charge >= 0.3 is 0 Å². The highest BCUT2D eigenvalue weighted by atomic mass is 127. The monoisotopic (exact) mass is 477 g/mol. The van der Waals surface area contributed by atoms with Crippen LogP contribution in [0.5, 0.6) is 0 Å². The van der Waals surface area contributed by atoms with Crippen LogP contribution in [-0.2, 0) is 16.4 Å². The van der Waals surface area contributed by atoms with Crippen molar-refractivity contribution in [2.24, 2.45) is 4.99 Å². The topological polar surface area (TPSA) is 79.1 Å². The van der Waals surface area contributed by atoms with Crippen LogP contribution >= 0.6 is 24.0 Å². The fourth-order valence-corrected chi connectivity index (χ4v) is 4.26. The number of guanidine groups is 1. The van der Waals surface area contributed by atoms with E-state index in [0.29, 0.717) is 25.6 Å². The van der Waals surface area contributed by atoms with Crippen molar-refractivity contribution in [1.29, 1.82) is 0 Å². The van der Waals surface area contributed by atoms with Gasteiger partial charge in [0.1, 0.15) is 5.65 Å². The third-order valence-electron chi connectivity index (χ3n) is 4.40. The Morgan fingerprint density at radius 1 is 1.40 bits per heavy atom. The first-order valence-corrected chi connectivity index (χ1v) is 9.58. The standard InChI is InChI=1S/C16H23N5O2S.HI/c1-16(2)12-21(8-9-24(16,22)23)15(17-3)18-10-13-11-20-7-5-4-6-14(20)19-13;/h4-7,11H,8-10,12H2,1-3H3,(H,17,18);1H. The van der Waals surface area contributed by atoms with Gasteiger partial charge in [0.05, 0.1) is 22.7 Å². The van der Waals surface area contributed by atoms with Crippen LogP contribution in [0.4, 0.5) is 0 Å². The van der Waals surface area contributed by atoms with Gasteiger partial charge in [-0.25, -0.2) is 13.4 Å². The molecular weight excluding hydrogens is 453 g/mol. The van der Waals surface area contributed by atoms with Gasteiger partial charge in [-0.05, 0) is 26.0 Å². The van der Waals surface area contributed by atoms with Gasteiger partial charge in [0.2, 0.25) is 0 Å². The molecule has 0 aliphatic carbocycles. The molecule has 9 heteroatoms. The van der Waals surface area contributed by atoms with E-state index in [1.165, 1.54) is 0 Å². The highest BCUT2D eigenvalue weighted by Crippen LogP contribution is 2.23. The van der Waals surface area contributed by atoms with Crippen LogP contribution in [0.3, 0.4) is 0 Å². The second-order valence-electron chi connectivity index (χ2n) is 6.60. The molecule has 2 aromatic heterocycles. The van der Waals surface area contributed by atoms with Gasteiger partial charge in [0, 0.05) is 32.5 Å². The van der Waals surface area contributed by atoms with E-state index in [1.54, 1.807) is 20.9 Å². The Hall–Kier alpha value is -1.36. The van der Waals surface area contributed by atoms with Crippen molar-refractivity contribution >= 4 is 45.4 Å². The van der Waals surface area contributed by atoms with Crippen LogP contribution in [0.25, 0.3) is 5.65 Å². The van der Waals surface area contributed by atoms with E-state index in [9.17, 15) is 8.42 Å². The molecule has 0 aromatic carbocycles. The lowest BCUT2D eigenvalue weighted by molar-refractivity contribution is 0.353. The van der Waals surface area contributed by atoms with Crippen molar-refractivity contribution in [3.05, 3.63) is 36.3 Å². The number of aromatic nitrogens is 2. The number of hydrogen-bond donors (Lipinski definition) is 1. The van der Waals surface area contributed by atoms with Crippen molar-refractivity contribution in [2.45, 2.75) is 25.1 Å². The minimum absolute atomic E-state index is 0. The van der Waals surface area contributed by atoms with Gasteiger partial charge in [-0.2, -0.15) is 0 Å². The van der Waals surface area contributed by atoms with Crippen LogP contribution in [0.1, 0.15) is 19.5 Å². The van der Waals surface area contributed by atoms with Gasteiger partial charge in [0.15, 0.2) is 15.8 Å². The van der Waals surface area contributed by atoms with Crippen LogP contribution in [0, 0.1) is 0 Å². The number of rotatable bonds is 2. The van der Waals surface area contributed by atoms with Crippen molar-refractivity contribution in [2.75, 3.05) is 25.9 Å². The summed E-state index contributed by atoms with van der Waals surface area (Å²) in [6.07, 6.45) is 3.93. The van der Waals surface area contributed by atoms with Gasteiger partial charge in [0.25, 0.3) is 0 Å². The molecule has 1 aliphatic heterocycles. The van der Waals surface area contributed by atoms with E-state index >= 15 is 0 Å². The number of hydrogen-bond acceptors (Lipinski definition) is 4. The van der Waals surface area contributed by atoms with Crippen molar-refractivity contribution < 1.29 is 8.42 Å². The van der Waals surface area contributed by atoms with E-state index in [1.807, 2.05) is 39.9 Å². The van der Waals surface area contributed by atoms with Crippen LogP contribution < -0.4 is 5.32 Å². The third-order valence-corrected chi connectivity index (χ3v) is 6.93. The van der Waals surface area contributed by atoms with Crippen molar-refractivity contribution in [1.82, 2.24) is 19.6 Å². The lowest BCUT2D eigenvalue weighted by Gasteiger charge is -2.39. The average Bonchev–Trinajstić information content (AvgIpc) is 2.94. The molecule has 1 aliphatic rings. The van der Waals surface area contributed by atoms with E-state index in [4.69, 9.17) is 0 Å². The number of pyridine rings is 1. The summed E-state index contributed by atoms with van der Waals surface area (Å²) in [4.78, 5) is 10.8. The smallest absolute Gasteiger partial charge is 0.194 e. The summed E-state index contributed by atoms with van der Waals surface area (Å²) < 4.78 is 25.5. The molecule has 0 saturated carbocycles. The first-order chi connectivity index (χ1) is 11.3. The minimum atomic E-state index is -3.06. The van der Waals surface area contributed by atoms with Crippen LogP contribution in [-0.4, -0.2) is 59.3 Å². The van der Waals surface area contributed by atoms with E-state index < -0.39 is 14.6 Å². The molecule has 7 nitrogen and oxygen atoms in total. The largest absolute Gasteiger partial charge is 0.351 e. The van der Waals surface area contributed by atoms with Crippen LogP contribution in [0.2, 0.25) is 0 Å². The van der Waals surface area contributed by atoms with Crippen LogP contribution in [0.15, 0.2) is 35.6 Å². The van der Waals surface area contributed by atoms with E-state index in [2.05, 4.69) is 15.3 Å². The summed E-state index contributed by atoms with van der Waals surface area (Å²) in [6, 6.07) is 5.87. The van der Waals surface area contributed by atoms with Gasteiger partial charge in [-0.1, -0.05) is 6.07 Å². The average molecular weight is 477 g/mol. The molecule has 0 amide bonds. The Bertz CT molecular complexity index is 843. The molecule has 3 heterocycles. The second-order valence-corrected chi connectivity index (χ2v) is 9.34. The summed E-state index contributed by atoms with van der Waals surface area (Å²) in [5.74, 6) is 0.852. The van der Waals surface area contributed by atoms with Gasteiger partial charge < -0.3 is 14.6 Å². The fourth-order valence-electron chi connectivity index (χ4n) is 2.90. The van der Waals surface area contributed by atoms with Crippen molar-refractivity contribution in [3.8, 4) is 0 Å². The fraction of sp³-hybridized carbons (Fsp3) is 0.500. The SMILES string of the molecule is CN=C(NCc1cn2ccccc2n1)N1CCS(=O)(=O)C(C)(C)C1.I. The number of halogens is 1. The number of nitrogens with one attached hydrogen (secondary N) is 1. The quantitative estimate of drug-likeness (QED) is 0.404. The molecule has 3 rings (SSSR count). The highest BCUT2D eigenvalue weighted by molar-refractivity contribution is 14.0. The molecule has 0 bridgehead atoms. The number of imidazole rings is 1. The lowest BCUT2D eigenvalue weighted by atomic mass is 10.2. The molecule has 0 spiro atoms. The Morgan fingerprint density at radius 3 is 2.80 bits per heavy atom. The summed E-state index contributed by atoms with van der Waals surface area (Å²) in [7, 11) is -1.35. The van der Waals surface area contributed by atoms with Gasteiger partial charge in [-0.3, -0.25) is 4.99 Å². The zero-order valence-corrected chi connectivity index (χ0v) is 17.8. The molecule has 2 aromatic rings. The normalized spacial score (nSPS) is 19.5. The van der Waals surface area contributed by atoms with E-state index in [0.717, 1.165) is 11.3 Å². The zero-order chi connectivity index (χ0) is 17.4. The summed E-state index contributed by atoms with van der Waals surface area (Å²) in [5.41, 5.74) is 1.81. The molecule has 1 N–H and O–H groups in total. The molecule has 25 heavy (non-hydrogen) atoms. The number of aliphatic imine (C=N–C) groups is 1. The zero-order valence-electron chi connectivity index (χ0n) is 14.6. The third kappa shape index (κ3) is 4.08. The molecule has 138 valence electrons. The molecule has 0 atom stereocenters. The first-order valence-electron chi connectivity index (χ1n) is 7.93. The summed E-state index contributed by atoms with van der Waals surface area (Å²) >= 11 is 0. The second kappa shape index (κ2) is 7.48. The molecule has 0 radical (unpaired) electrons. The lowest BCUT2D eigenvalue weighted by Crippen LogP contribution is -2.57. The maximum absolute atomic E-state index is 12.1. The first kappa shape index (κ1) is 20.0. The number of fused-ring (bicyclic) bond motifs is 1. The predicted octanol–water partition coefficient (Wildman–Crippen LogP) is 1.54. The summed E-state index contributed by atoms with van der Waals surface area (Å²) in [5, 5.41) is 3.29. The van der Waals surface area contributed by atoms with E-state index in [-0.39, 0.29) is 29.7 Å². The molecule has 0 unspecified atom stereocenters. The van der Waals surface area contributed by atoms with Crippen molar-refractivity contribution in [3.63, 3.8) is 0 Å². The Kier molecular flexibility index (Phi) is 5.97. The maximum atomic E-state index is 12.1. The Balaban J connectivity index is 0.00000225. The highest BCUT2D eigenvalue weighted by Gasteiger charge is 2.40. The molecular formula is C16H24IN5O2S. The van der Waals surface area contributed by atoms with Gasteiger partial charge in [-0.15, -0.1) is 24.0 Å². The Labute approximate surface area is 165 Å². The summed E-state index contributed by atoms with van der Waals surface area (Å²) in [6.45, 7) is 4.96. The maximum Gasteiger partial charge on any atom is 0.194 e. The predicted molar refractivity (Wildman–Crippen MR) is 110 cm³/mol. The number of sulfone groups is 1.